The Morgan fingerprint density at radius 3 is 2.80 bits per heavy atom. The summed E-state index contributed by atoms with van der Waals surface area (Å²) in [6, 6.07) is 7.63. The molecule has 2 heterocycles. The summed E-state index contributed by atoms with van der Waals surface area (Å²) in [7, 11) is 1.63. The van der Waals surface area contributed by atoms with Gasteiger partial charge in [-0.3, -0.25) is 4.79 Å². The van der Waals surface area contributed by atoms with Crippen LogP contribution in [0.1, 0.15) is 40.0 Å². The van der Waals surface area contributed by atoms with Gasteiger partial charge in [-0.25, -0.2) is 9.50 Å². The number of aryl methyl sites for hydroxylation is 2. The molecule has 2 aromatic heterocycles. The third-order valence-corrected chi connectivity index (χ3v) is 4.68. The van der Waals surface area contributed by atoms with E-state index < -0.39 is 0 Å². The average molecular weight is 336 g/mol. The monoisotopic (exact) mass is 336 g/mol. The fourth-order valence-electron chi connectivity index (χ4n) is 3.28. The van der Waals surface area contributed by atoms with E-state index >= 15 is 0 Å². The van der Waals surface area contributed by atoms with Crippen molar-refractivity contribution in [1.82, 2.24) is 19.9 Å². The summed E-state index contributed by atoms with van der Waals surface area (Å²) in [5.74, 6) is 0.640. The Morgan fingerprint density at radius 2 is 2.00 bits per heavy atom. The number of nitrogens with zero attached hydrogens (tertiary/aromatic N) is 3. The molecule has 1 aliphatic carbocycles. The SMILES string of the molecule is COc1ccc(CNC(=O)c2cnn3c4c(cnc23)CCCC4)cc1. The molecule has 6 nitrogen and oxygen atoms in total. The first-order valence-corrected chi connectivity index (χ1v) is 8.52. The lowest BCUT2D eigenvalue weighted by Gasteiger charge is -2.15. The highest BCUT2D eigenvalue weighted by Crippen LogP contribution is 2.22. The van der Waals surface area contributed by atoms with Crippen molar-refractivity contribution in [2.45, 2.75) is 32.2 Å². The van der Waals surface area contributed by atoms with E-state index in [0.29, 0.717) is 17.8 Å². The standard InChI is InChI=1S/C19H20N4O2/c1-25-15-8-6-13(7-9-15)10-21-19(24)16-12-22-23-17-5-3-2-4-14(17)11-20-18(16)23/h6-9,11-12H,2-5,10H2,1H3,(H,21,24). The first-order valence-electron chi connectivity index (χ1n) is 8.52. The van der Waals surface area contributed by atoms with Gasteiger partial charge in [0.2, 0.25) is 0 Å². The number of hydrogen-bond acceptors (Lipinski definition) is 4. The van der Waals surface area contributed by atoms with Crippen molar-refractivity contribution in [3.05, 3.63) is 59.0 Å². The summed E-state index contributed by atoms with van der Waals surface area (Å²) >= 11 is 0. The van der Waals surface area contributed by atoms with Gasteiger partial charge in [0.25, 0.3) is 5.91 Å². The van der Waals surface area contributed by atoms with Crippen molar-refractivity contribution in [3.63, 3.8) is 0 Å². The molecule has 0 aliphatic heterocycles. The van der Waals surface area contributed by atoms with Gasteiger partial charge in [-0.1, -0.05) is 12.1 Å². The largest absolute Gasteiger partial charge is 0.497 e. The Bertz CT molecular complexity index is 915. The Morgan fingerprint density at radius 1 is 1.20 bits per heavy atom. The molecular weight excluding hydrogens is 316 g/mol. The Kier molecular flexibility index (Phi) is 4.09. The number of amides is 1. The van der Waals surface area contributed by atoms with Crippen LogP contribution in [0.25, 0.3) is 5.65 Å². The second-order valence-electron chi connectivity index (χ2n) is 6.26. The zero-order valence-corrected chi connectivity index (χ0v) is 14.2. The molecule has 0 saturated carbocycles. The fraction of sp³-hybridized carbons (Fsp3) is 0.316. The van der Waals surface area contributed by atoms with Crippen molar-refractivity contribution < 1.29 is 9.53 Å². The number of benzene rings is 1. The summed E-state index contributed by atoms with van der Waals surface area (Å²) < 4.78 is 6.97. The second-order valence-corrected chi connectivity index (χ2v) is 6.26. The molecule has 128 valence electrons. The highest BCUT2D eigenvalue weighted by Gasteiger charge is 2.19. The van der Waals surface area contributed by atoms with Crippen LogP contribution >= 0.6 is 0 Å². The van der Waals surface area contributed by atoms with E-state index in [1.165, 1.54) is 17.7 Å². The van der Waals surface area contributed by atoms with Crippen LogP contribution in [0.5, 0.6) is 5.75 Å². The molecule has 0 atom stereocenters. The third kappa shape index (κ3) is 2.95. The van der Waals surface area contributed by atoms with Gasteiger partial charge in [0.1, 0.15) is 11.3 Å². The van der Waals surface area contributed by atoms with Crippen molar-refractivity contribution >= 4 is 11.6 Å². The van der Waals surface area contributed by atoms with Crippen molar-refractivity contribution in [2.24, 2.45) is 0 Å². The molecule has 4 rings (SSSR count). The smallest absolute Gasteiger partial charge is 0.257 e. The van der Waals surface area contributed by atoms with Crippen LogP contribution < -0.4 is 10.1 Å². The highest BCUT2D eigenvalue weighted by atomic mass is 16.5. The lowest BCUT2D eigenvalue weighted by molar-refractivity contribution is 0.0952. The summed E-state index contributed by atoms with van der Waals surface area (Å²) in [6.07, 6.45) is 7.88. The van der Waals surface area contributed by atoms with Crippen molar-refractivity contribution in [1.29, 1.82) is 0 Å². The minimum atomic E-state index is -0.158. The van der Waals surface area contributed by atoms with Gasteiger partial charge in [-0.05, 0) is 48.9 Å². The van der Waals surface area contributed by atoms with E-state index in [9.17, 15) is 4.79 Å². The lowest BCUT2D eigenvalue weighted by atomic mass is 9.97. The number of hydrogen-bond donors (Lipinski definition) is 1. The molecule has 0 fully saturated rings. The van der Waals surface area contributed by atoms with Crippen LogP contribution in [-0.4, -0.2) is 27.6 Å². The van der Waals surface area contributed by atoms with Crippen LogP contribution in [0.3, 0.4) is 0 Å². The van der Waals surface area contributed by atoms with Crippen LogP contribution in [0.2, 0.25) is 0 Å². The molecule has 1 aliphatic rings. The Hall–Kier alpha value is -2.89. The van der Waals surface area contributed by atoms with Gasteiger partial charge in [0.15, 0.2) is 5.65 Å². The number of rotatable bonds is 4. The molecule has 6 heteroatoms. The second kappa shape index (κ2) is 6.55. The van der Waals surface area contributed by atoms with Gasteiger partial charge in [0.05, 0.1) is 13.3 Å². The molecule has 1 amide bonds. The highest BCUT2D eigenvalue weighted by molar-refractivity contribution is 5.99. The number of methoxy groups -OCH3 is 1. The molecule has 0 spiro atoms. The maximum absolute atomic E-state index is 12.6. The normalized spacial score (nSPS) is 13.5. The van der Waals surface area contributed by atoms with Crippen LogP contribution in [0.4, 0.5) is 0 Å². The van der Waals surface area contributed by atoms with Crippen LogP contribution in [-0.2, 0) is 19.4 Å². The van der Waals surface area contributed by atoms with E-state index in [-0.39, 0.29) is 5.91 Å². The Balaban J connectivity index is 1.53. The molecule has 0 bridgehead atoms. The van der Waals surface area contributed by atoms with E-state index in [4.69, 9.17) is 4.74 Å². The Labute approximate surface area is 145 Å². The number of carbonyl (C=O) groups is 1. The van der Waals surface area contributed by atoms with Crippen LogP contribution in [0, 0.1) is 0 Å². The zero-order chi connectivity index (χ0) is 17.2. The van der Waals surface area contributed by atoms with Gasteiger partial charge < -0.3 is 10.1 Å². The number of ether oxygens (including phenoxy) is 1. The fourth-order valence-corrected chi connectivity index (χ4v) is 3.28. The lowest BCUT2D eigenvalue weighted by Crippen LogP contribution is -2.23. The van der Waals surface area contributed by atoms with E-state index in [0.717, 1.165) is 30.6 Å². The quantitative estimate of drug-likeness (QED) is 0.795. The molecule has 0 unspecified atom stereocenters. The minimum Gasteiger partial charge on any atom is -0.497 e. The number of carbonyl (C=O) groups excluding carboxylic acids is 1. The maximum atomic E-state index is 12.6. The topological polar surface area (TPSA) is 68.5 Å². The van der Waals surface area contributed by atoms with E-state index in [2.05, 4.69) is 15.4 Å². The molecule has 1 aromatic carbocycles. The molecule has 1 N–H and O–H groups in total. The molecule has 3 aromatic rings. The molecule has 0 saturated heterocycles. The molecule has 0 radical (unpaired) electrons. The minimum absolute atomic E-state index is 0.158. The van der Waals surface area contributed by atoms with Gasteiger partial charge in [-0.2, -0.15) is 5.10 Å². The number of nitrogens with one attached hydrogen (secondary N) is 1. The maximum Gasteiger partial charge on any atom is 0.257 e. The summed E-state index contributed by atoms with van der Waals surface area (Å²) in [4.78, 5) is 17.0. The van der Waals surface area contributed by atoms with Crippen molar-refractivity contribution in [3.8, 4) is 5.75 Å². The molecular formula is C19H20N4O2. The average Bonchev–Trinajstić information content (AvgIpc) is 3.11. The first-order chi connectivity index (χ1) is 12.3. The van der Waals surface area contributed by atoms with Crippen LogP contribution in [0.15, 0.2) is 36.7 Å². The van der Waals surface area contributed by atoms with Gasteiger partial charge in [0, 0.05) is 18.4 Å². The predicted molar refractivity (Wildman–Crippen MR) is 93.8 cm³/mol. The van der Waals surface area contributed by atoms with E-state index in [1.807, 2.05) is 35.0 Å². The van der Waals surface area contributed by atoms with Crippen molar-refractivity contribution in [2.75, 3.05) is 7.11 Å². The summed E-state index contributed by atoms with van der Waals surface area (Å²) in [5.41, 5.74) is 4.59. The summed E-state index contributed by atoms with van der Waals surface area (Å²) in [6.45, 7) is 0.450. The third-order valence-electron chi connectivity index (χ3n) is 4.68. The number of fused-ring (bicyclic) bond motifs is 3. The van der Waals surface area contributed by atoms with Gasteiger partial charge >= 0.3 is 0 Å². The summed E-state index contributed by atoms with van der Waals surface area (Å²) in [5, 5.41) is 7.35. The van der Waals surface area contributed by atoms with Gasteiger partial charge in [-0.15, -0.1) is 0 Å². The van der Waals surface area contributed by atoms with E-state index in [1.54, 1.807) is 13.3 Å². The molecule has 25 heavy (non-hydrogen) atoms. The predicted octanol–water partition coefficient (Wildman–Crippen LogP) is 2.55. The number of aromatic nitrogens is 3. The zero-order valence-electron chi connectivity index (χ0n) is 14.2. The first kappa shape index (κ1) is 15.6.